The molecular formula is C19H27N3O4. The third-order valence-electron chi connectivity index (χ3n) is 5.23. The van der Waals surface area contributed by atoms with Gasteiger partial charge in [0.05, 0.1) is 12.2 Å². The molecule has 3 heterocycles. The monoisotopic (exact) mass is 361 g/mol. The van der Waals surface area contributed by atoms with Gasteiger partial charge in [-0.25, -0.2) is 4.79 Å². The molecule has 1 aromatic rings. The number of ether oxygens (including phenoxy) is 3. The zero-order valence-corrected chi connectivity index (χ0v) is 15.4. The van der Waals surface area contributed by atoms with Gasteiger partial charge in [0.2, 0.25) is 6.79 Å². The number of likely N-dealkylation sites (tertiary alicyclic amines) is 1. The molecule has 0 radical (unpaired) electrons. The molecule has 0 bridgehead atoms. The van der Waals surface area contributed by atoms with Crippen LogP contribution in [0.3, 0.4) is 0 Å². The number of hydrogen-bond acceptors (Lipinski definition) is 5. The highest BCUT2D eigenvalue weighted by Gasteiger charge is 2.32. The lowest BCUT2D eigenvalue weighted by molar-refractivity contribution is -0.0712. The molecule has 0 aliphatic carbocycles. The normalized spacial score (nSPS) is 28.4. The highest BCUT2D eigenvalue weighted by molar-refractivity contribution is 5.90. The summed E-state index contributed by atoms with van der Waals surface area (Å²) in [6.07, 6.45) is 2.59. The number of amides is 2. The van der Waals surface area contributed by atoms with Gasteiger partial charge in [0.25, 0.3) is 0 Å². The summed E-state index contributed by atoms with van der Waals surface area (Å²) in [5, 5.41) is 3.01. The molecule has 2 saturated heterocycles. The summed E-state index contributed by atoms with van der Waals surface area (Å²) in [5.41, 5.74) is 0.735. The van der Waals surface area contributed by atoms with Crippen molar-refractivity contribution in [3.8, 4) is 11.5 Å². The van der Waals surface area contributed by atoms with E-state index in [1.54, 1.807) is 0 Å². The Kier molecular flexibility index (Phi) is 4.91. The van der Waals surface area contributed by atoms with Gasteiger partial charge in [0.1, 0.15) is 0 Å². The average molecular weight is 361 g/mol. The summed E-state index contributed by atoms with van der Waals surface area (Å²) in [6, 6.07) is 5.70. The van der Waals surface area contributed by atoms with Gasteiger partial charge in [-0.15, -0.1) is 0 Å². The predicted molar refractivity (Wildman–Crippen MR) is 97.8 cm³/mol. The van der Waals surface area contributed by atoms with Crippen LogP contribution in [0, 0.1) is 0 Å². The molecule has 3 aliphatic rings. The number of nitrogens with one attached hydrogen (secondary N) is 1. The van der Waals surface area contributed by atoms with Gasteiger partial charge >= 0.3 is 6.03 Å². The maximum Gasteiger partial charge on any atom is 0.322 e. The second kappa shape index (κ2) is 7.32. The molecule has 1 aromatic carbocycles. The number of carbonyl (C=O) groups is 1. The van der Waals surface area contributed by atoms with Gasteiger partial charge in [-0.05, 0) is 38.8 Å². The Morgan fingerprint density at radius 3 is 2.77 bits per heavy atom. The number of urea groups is 1. The highest BCUT2D eigenvalue weighted by atomic mass is 16.7. The Hall–Kier alpha value is -1.99. The van der Waals surface area contributed by atoms with Crippen molar-refractivity contribution in [1.29, 1.82) is 0 Å². The van der Waals surface area contributed by atoms with Gasteiger partial charge in [-0.2, -0.15) is 0 Å². The molecule has 7 nitrogen and oxygen atoms in total. The fourth-order valence-electron chi connectivity index (χ4n) is 4.19. The van der Waals surface area contributed by atoms with Crippen LogP contribution in [-0.4, -0.2) is 67.1 Å². The summed E-state index contributed by atoms with van der Waals surface area (Å²) in [6.45, 7) is 8.03. The van der Waals surface area contributed by atoms with Gasteiger partial charge in [-0.1, -0.05) is 0 Å². The molecule has 142 valence electrons. The molecule has 1 N–H and O–H groups in total. The first kappa shape index (κ1) is 17.4. The van der Waals surface area contributed by atoms with Crippen LogP contribution in [0.15, 0.2) is 18.2 Å². The van der Waals surface area contributed by atoms with E-state index in [-0.39, 0.29) is 31.1 Å². The minimum atomic E-state index is -0.0410. The topological polar surface area (TPSA) is 63.3 Å². The number of anilines is 1. The zero-order valence-electron chi connectivity index (χ0n) is 15.4. The van der Waals surface area contributed by atoms with E-state index in [4.69, 9.17) is 14.2 Å². The van der Waals surface area contributed by atoms with Crippen molar-refractivity contribution >= 4 is 11.7 Å². The molecule has 2 amide bonds. The maximum absolute atomic E-state index is 12.8. The van der Waals surface area contributed by atoms with Crippen LogP contribution in [0.5, 0.6) is 11.5 Å². The van der Waals surface area contributed by atoms with E-state index < -0.39 is 0 Å². The van der Waals surface area contributed by atoms with Crippen molar-refractivity contribution < 1.29 is 19.0 Å². The Morgan fingerprint density at radius 1 is 1.19 bits per heavy atom. The van der Waals surface area contributed by atoms with Crippen LogP contribution < -0.4 is 14.8 Å². The van der Waals surface area contributed by atoms with E-state index in [1.165, 1.54) is 0 Å². The molecule has 4 rings (SSSR count). The molecule has 0 unspecified atom stereocenters. The third kappa shape index (κ3) is 3.73. The van der Waals surface area contributed by atoms with E-state index in [0.717, 1.165) is 50.5 Å². The first-order valence-corrected chi connectivity index (χ1v) is 9.43. The summed E-state index contributed by atoms with van der Waals surface area (Å²) in [5.74, 6) is 1.40. The van der Waals surface area contributed by atoms with Crippen LogP contribution in [-0.2, 0) is 4.74 Å². The number of rotatable bonds is 3. The van der Waals surface area contributed by atoms with Crippen LogP contribution in [0.4, 0.5) is 10.5 Å². The lowest BCUT2D eigenvalue weighted by atomic mass is 10.1. The van der Waals surface area contributed by atoms with Gasteiger partial charge in [0.15, 0.2) is 11.5 Å². The molecule has 0 spiro atoms. The summed E-state index contributed by atoms with van der Waals surface area (Å²) >= 11 is 0. The fourth-order valence-corrected chi connectivity index (χ4v) is 4.19. The third-order valence-corrected chi connectivity index (χ3v) is 5.23. The molecule has 26 heavy (non-hydrogen) atoms. The second-order valence-electron chi connectivity index (χ2n) is 7.46. The van der Waals surface area contributed by atoms with E-state index >= 15 is 0 Å². The van der Waals surface area contributed by atoms with Crippen molar-refractivity contribution in [3.05, 3.63) is 18.2 Å². The molecular weight excluding hydrogens is 334 g/mol. The largest absolute Gasteiger partial charge is 0.454 e. The number of morpholine rings is 1. The van der Waals surface area contributed by atoms with Gasteiger partial charge in [0, 0.05) is 44.0 Å². The number of carbonyl (C=O) groups excluding carboxylic acids is 1. The summed E-state index contributed by atoms with van der Waals surface area (Å²) in [4.78, 5) is 17.2. The summed E-state index contributed by atoms with van der Waals surface area (Å²) in [7, 11) is 0. The molecule has 0 aromatic heterocycles. The van der Waals surface area contributed by atoms with Crippen molar-refractivity contribution in [2.75, 3.05) is 38.3 Å². The Bertz CT molecular complexity index is 658. The molecule has 2 fully saturated rings. The van der Waals surface area contributed by atoms with Crippen LogP contribution >= 0.6 is 0 Å². The van der Waals surface area contributed by atoms with Gasteiger partial charge < -0.3 is 24.4 Å². The first-order chi connectivity index (χ1) is 12.6. The highest BCUT2D eigenvalue weighted by Crippen LogP contribution is 2.34. The summed E-state index contributed by atoms with van der Waals surface area (Å²) < 4.78 is 16.5. The Morgan fingerprint density at radius 2 is 1.96 bits per heavy atom. The number of benzene rings is 1. The van der Waals surface area contributed by atoms with E-state index in [1.807, 2.05) is 23.1 Å². The molecule has 3 aliphatic heterocycles. The predicted octanol–water partition coefficient (Wildman–Crippen LogP) is 2.52. The standard InChI is InChI=1S/C19H27N3O4/c1-13-9-21(10-14(2)26-13)11-16-4-3-7-22(16)19(23)20-15-5-6-17-18(8-15)25-12-24-17/h5-6,8,13-14,16H,3-4,7,9-12H2,1-2H3,(H,20,23)/t13-,14+,16-/m1/s1. The van der Waals surface area contributed by atoms with E-state index in [0.29, 0.717) is 5.75 Å². The fraction of sp³-hybridized carbons (Fsp3) is 0.632. The SMILES string of the molecule is C[C@@H]1CN(C[C@H]2CCCN2C(=O)Nc2ccc3c(c2)OCO3)C[C@H](C)O1. The van der Waals surface area contributed by atoms with Crippen LogP contribution in [0.25, 0.3) is 0 Å². The van der Waals surface area contributed by atoms with E-state index in [2.05, 4.69) is 24.1 Å². The van der Waals surface area contributed by atoms with Crippen molar-refractivity contribution in [3.63, 3.8) is 0 Å². The molecule has 0 saturated carbocycles. The van der Waals surface area contributed by atoms with Gasteiger partial charge in [-0.3, -0.25) is 4.90 Å². The van der Waals surface area contributed by atoms with Crippen molar-refractivity contribution in [2.45, 2.75) is 44.9 Å². The number of nitrogens with zero attached hydrogens (tertiary/aromatic N) is 2. The van der Waals surface area contributed by atoms with Crippen LogP contribution in [0.2, 0.25) is 0 Å². The maximum atomic E-state index is 12.8. The molecule has 3 atom stereocenters. The zero-order chi connectivity index (χ0) is 18.1. The van der Waals surface area contributed by atoms with E-state index in [9.17, 15) is 4.79 Å². The second-order valence-corrected chi connectivity index (χ2v) is 7.46. The molecule has 7 heteroatoms. The lowest BCUT2D eigenvalue weighted by Crippen LogP contribution is -2.51. The number of hydrogen-bond donors (Lipinski definition) is 1. The minimum Gasteiger partial charge on any atom is -0.454 e. The average Bonchev–Trinajstić information content (AvgIpc) is 3.22. The lowest BCUT2D eigenvalue weighted by Gasteiger charge is -2.38. The van der Waals surface area contributed by atoms with Crippen molar-refractivity contribution in [2.24, 2.45) is 0 Å². The minimum absolute atomic E-state index is 0.0410. The quantitative estimate of drug-likeness (QED) is 0.896. The van der Waals surface area contributed by atoms with Crippen LogP contribution in [0.1, 0.15) is 26.7 Å². The number of fused-ring (bicyclic) bond motifs is 1. The first-order valence-electron chi connectivity index (χ1n) is 9.43. The smallest absolute Gasteiger partial charge is 0.322 e. The Balaban J connectivity index is 1.37. The Labute approximate surface area is 154 Å². The van der Waals surface area contributed by atoms with Crippen molar-refractivity contribution in [1.82, 2.24) is 9.80 Å².